The van der Waals surface area contributed by atoms with Crippen LogP contribution in [0, 0.1) is 6.92 Å². The molecule has 0 saturated carbocycles. The summed E-state index contributed by atoms with van der Waals surface area (Å²) in [6, 6.07) is 6.42. The molecule has 0 atom stereocenters. The number of carbonyl (C=O) groups is 1. The largest absolute Gasteiger partial charge is 0.416 e. The number of nitrogens with one attached hydrogen (secondary N) is 1. The van der Waals surface area contributed by atoms with E-state index in [0.29, 0.717) is 11.4 Å². The quantitative estimate of drug-likeness (QED) is 0.732. The number of carbonyl (C=O) groups excluding carboxylic acids is 1. The number of nitrogens with two attached hydrogens (primary N) is 1. The summed E-state index contributed by atoms with van der Waals surface area (Å²) in [5.74, 6) is -0.0486. The number of anilines is 1. The summed E-state index contributed by atoms with van der Waals surface area (Å²) in [7, 11) is 1.68. The number of rotatable bonds is 4. The zero-order valence-corrected chi connectivity index (χ0v) is 14.5. The van der Waals surface area contributed by atoms with Crippen LogP contribution in [0.5, 0.6) is 0 Å². The maximum atomic E-state index is 13.2. The fraction of sp³-hybridized carbons (Fsp3) is 0.167. The van der Waals surface area contributed by atoms with Gasteiger partial charge in [-0.15, -0.1) is 0 Å². The van der Waals surface area contributed by atoms with Crippen molar-refractivity contribution in [3.05, 3.63) is 59.4 Å². The number of benzene rings is 1. The van der Waals surface area contributed by atoms with Crippen LogP contribution in [-0.2, 0) is 6.18 Å². The van der Waals surface area contributed by atoms with E-state index in [9.17, 15) is 18.0 Å². The first-order chi connectivity index (χ1) is 12.7. The van der Waals surface area contributed by atoms with Crippen molar-refractivity contribution in [2.24, 2.45) is 5.73 Å². The Bertz CT molecular complexity index is 1010. The second-order valence-electron chi connectivity index (χ2n) is 5.83. The standard InChI is InChI=1S/C18H16F3N5O/c1-10-3-4-11(18(19,20)21)9-13(10)15-12(16(22)27)6-8-26(15)17-24-7-5-14(23-2)25-17/h3-9H,1-2H3,(H2,22,27)(H,23,24,25). The third kappa shape index (κ3) is 3.48. The Morgan fingerprint density at radius 1 is 1.22 bits per heavy atom. The van der Waals surface area contributed by atoms with Crippen molar-refractivity contribution in [3.8, 4) is 17.2 Å². The molecule has 6 nitrogen and oxygen atoms in total. The van der Waals surface area contributed by atoms with Crippen LogP contribution in [0.1, 0.15) is 21.5 Å². The summed E-state index contributed by atoms with van der Waals surface area (Å²) in [6.45, 7) is 1.66. The minimum atomic E-state index is -4.52. The van der Waals surface area contributed by atoms with Crippen LogP contribution in [0.4, 0.5) is 19.0 Å². The summed E-state index contributed by atoms with van der Waals surface area (Å²) in [4.78, 5) is 20.3. The molecule has 0 aliphatic heterocycles. The van der Waals surface area contributed by atoms with E-state index in [-0.39, 0.29) is 22.8 Å². The fourth-order valence-corrected chi connectivity index (χ4v) is 2.73. The van der Waals surface area contributed by atoms with Gasteiger partial charge >= 0.3 is 6.18 Å². The van der Waals surface area contributed by atoms with Gasteiger partial charge in [-0.05, 0) is 36.8 Å². The van der Waals surface area contributed by atoms with Crippen molar-refractivity contribution in [2.75, 3.05) is 12.4 Å². The second-order valence-corrected chi connectivity index (χ2v) is 5.83. The Kier molecular flexibility index (Phi) is 4.61. The van der Waals surface area contributed by atoms with Crippen LogP contribution in [-0.4, -0.2) is 27.5 Å². The summed E-state index contributed by atoms with van der Waals surface area (Å²) >= 11 is 0. The van der Waals surface area contributed by atoms with E-state index in [1.807, 2.05) is 0 Å². The lowest BCUT2D eigenvalue weighted by Crippen LogP contribution is -2.14. The Hall–Kier alpha value is -3.36. The van der Waals surface area contributed by atoms with Gasteiger partial charge in [-0.25, -0.2) is 4.98 Å². The third-order valence-corrected chi connectivity index (χ3v) is 4.09. The van der Waals surface area contributed by atoms with Crippen LogP contribution in [0.3, 0.4) is 0 Å². The van der Waals surface area contributed by atoms with Crippen molar-refractivity contribution in [1.82, 2.24) is 14.5 Å². The van der Waals surface area contributed by atoms with Crippen molar-refractivity contribution in [1.29, 1.82) is 0 Å². The number of primary amides is 1. The molecule has 1 amide bonds. The molecule has 0 bridgehead atoms. The van der Waals surface area contributed by atoms with E-state index >= 15 is 0 Å². The number of amides is 1. The van der Waals surface area contributed by atoms with Crippen molar-refractivity contribution in [2.45, 2.75) is 13.1 Å². The molecule has 0 aliphatic rings. The van der Waals surface area contributed by atoms with Crippen LogP contribution < -0.4 is 11.1 Å². The number of halogens is 3. The van der Waals surface area contributed by atoms with Gasteiger partial charge in [-0.2, -0.15) is 18.2 Å². The zero-order valence-electron chi connectivity index (χ0n) is 14.5. The Morgan fingerprint density at radius 3 is 2.59 bits per heavy atom. The number of aryl methyl sites for hydroxylation is 1. The predicted molar refractivity (Wildman–Crippen MR) is 94.6 cm³/mol. The molecule has 0 radical (unpaired) electrons. The van der Waals surface area contributed by atoms with Crippen molar-refractivity contribution in [3.63, 3.8) is 0 Å². The number of aromatic nitrogens is 3. The number of alkyl halides is 3. The molecule has 3 rings (SSSR count). The molecule has 1 aromatic carbocycles. The van der Waals surface area contributed by atoms with Gasteiger partial charge in [-0.3, -0.25) is 9.36 Å². The third-order valence-electron chi connectivity index (χ3n) is 4.09. The van der Waals surface area contributed by atoms with Gasteiger partial charge in [0.25, 0.3) is 5.91 Å². The average Bonchev–Trinajstić information content (AvgIpc) is 3.06. The van der Waals surface area contributed by atoms with Gasteiger partial charge in [-0.1, -0.05) is 6.07 Å². The lowest BCUT2D eigenvalue weighted by molar-refractivity contribution is -0.137. The Labute approximate surface area is 152 Å². The highest BCUT2D eigenvalue weighted by molar-refractivity contribution is 6.00. The second kappa shape index (κ2) is 6.75. The Morgan fingerprint density at radius 2 is 1.96 bits per heavy atom. The highest BCUT2D eigenvalue weighted by Gasteiger charge is 2.31. The van der Waals surface area contributed by atoms with E-state index in [2.05, 4.69) is 15.3 Å². The topological polar surface area (TPSA) is 85.8 Å². The van der Waals surface area contributed by atoms with Crippen LogP contribution in [0.15, 0.2) is 42.7 Å². The molecular weight excluding hydrogens is 359 g/mol. The zero-order chi connectivity index (χ0) is 19.8. The fourth-order valence-electron chi connectivity index (χ4n) is 2.73. The number of hydrogen-bond acceptors (Lipinski definition) is 4. The molecule has 0 fully saturated rings. The highest BCUT2D eigenvalue weighted by atomic mass is 19.4. The van der Waals surface area contributed by atoms with E-state index in [0.717, 1.165) is 12.1 Å². The molecular formula is C18H16F3N5O. The SMILES string of the molecule is CNc1ccnc(-n2ccc(C(N)=O)c2-c2cc(C(F)(F)F)ccc2C)n1. The van der Waals surface area contributed by atoms with E-state index in [4.69, 9.17) is 5.73 Å². The van der Waals surface area contributed by atoms with Crippen LogP contribution >= 0.6 is 0 Å². The maximum absolute atomic E-state index is 13.2. The van der Waals surface area contributed by atoms with Crippen molar-refractivity contribution < 1.29 is 18.0 Å². The van der Waals surface area contributed by atoms with E-state index in [1.54, 1.807) is 20.0 Å². The summed E-state index contributed by atoms with van der Waals surface area (Å²) in [6.07, 6.45) is -1.51. The molecule has 0 spiro atoms. The minimum absolute atomic E-state index is 0.0795. The first-order valence-corrected chi connectivity index (χ1v) is 7.93. The summed E-state index contributed by atoms with van der Waals surface area (Å²) in [5.41, 5.74) is 5.69. The lowest BCUT2D eigenvalue weighted by atomic mass is 9.99. The molecule has 2 aromatic heterocycles. The molecule has 0 unspecified atom stereocenters. The summed E-state index contributed by atoms with van der Waals surface area (Å²) < 4.78 is 41.0. The molecule has 3 N–H and O–H groups in total. The molecule has 0 aliphatic carbocycles. The molecule has 140 valence electrons. The number of hydrogen-bond donors (Lipinski definition) is 2. The van der Waals surface area contributed by atoms with Gasteiger partial charge in [0.15, 0.2) is 0 Å². The molecule has 3 aromatic rings. The average molecular weight is 375 g/mol. The monoisotopic (exact) mass is 375 g/mol. The first kappa shape index (κ1) is 18.4. The molecule has 2 heterocycles. The van der Waals surface area contributed by atoms with Crippen LogP contribution in [0.2, 0.25) is 0 Å². The van der Waals surface area contributed by atoms with E-state index < -0.39 is 17.6 Å². The number of nitrogens with zero attached hydrogens (tertiary/aromatic N) is 3. The van der Waals surface area contributed by atoms with Gasteiger partial charge in [0.05, 0.1) is 16.8 Å². The van der Waals surface area contributed by atoms with E-state index in [1.165, 1.54) is 29.1 Å². The molecule has 27 heavy (non-hydrogen) atoms. The van der Waals surface area contributed by atoms with Crippen LogP contribution in [0.25, 0.3) is 17.2 Å². The normalized spacial score (nSPS) is 11.4. The maximum Gasteiger partial charge on any atom is 0.416 e. The lowest BCUT2D eigenvalue weighted by Gasteiger charge is -2.15. The highest BCUT2D eigenvalue weighted by Crippen LogP contribution is 2.36. The first-order valence-electron chi connectivity index (χ1n) is 7.93. The van der Waals surface area contributed by atoms with Gasteiger partial charge in [0.1, 0.15) is 5.82 Å². The Balaban J connectivity index is 2.29. The van der Waals surface area contributed by atoms with Crippen molar-refractivity contribution >= 4 is 11.7 Å². The van der Waals surface area contributed by atoms with Gasteiger partial charge < -0.3 is 11.1 Å². The molecule has 0 saturated heterocycles. The smallest absolute Gasteiger partial charge is 0.373 e. The predicted octanol–water partition coefficient (Wildman–Crippen LogP) is 3.40. The van der Waals surface area contributed by atoms with Gasteiger partial charge in [0.2, 0.25) is 5.95 Å². The minimum Gasteiger partial charge on any atom is -0.373 e. The summed E-state index contributed by atoms with van der Waals surface area (Å²) in [5, 5.41) is 2.86. The van der Waals surface area contributed by atoms with Gasteiger partial charge in [0, 0.05) is 25.0 Å². The molecule has 9 heteroatoms.